The van der Waals surface area contributed by atoms with Crippen LogP contribution in [0.1, 0.15) is 36.2 Å². The van der Waals surface area contributed by atoms with Gasteiger partial charge in [0.1, 0.15) is 17.4 Å². The summed E-state index contributed by atoms with van der Waals surface area (Å²) in [5.41, 5.74) is 10.8. The third-order valence-electron chi connectivity index (χ3n) is 6.74. The Hall–Kier alpha value is -3.76. The zero-order chi connectivity index (χ0) is 26.9. The second kappa shape index (κ2) is 13.3. The van der Waals surface area contributed by atoms with E-state index in [2.05, 4.69) is 45.3 Å². The maximum absolute atomic E-state index is 11.9. The van der Waals surface area contributed by atoms with Gasteiger partial charge in [0.2, 0.25) is 0 Å². The van der Waals surface area contributed by atoms with Crippen LogP contribution >= 0.6 is 11.3 Å². The molecule has 0 atom stereocenters. The lowest BCUT2D eigenvalue weighted by Crippen LogP contribution is -2.31. The lowest BCUT2D eigenvalue weighted by Gasteiger charge is -2.16. The van der Waals surface area contributed by atoms with E-state index in [0.717, 1.165) is 71.9 Å². The first-order chi connectivity index (χ1) is 19.2. The fraction of sp³-hybridized carbons (Fsp3) is 0.379. The number of amides is 2. The lowest BCUT2D eigenvalue weighted by atomic mass is 10.1. The van der Waals surface area contributed by atoms with E-state index in [1.54, 1.807) is 20.9 Å². The number of urea groups is 1. The van der Waals surface area contributed by atoms with Crippen molar-refractivity contribution in [2.24, 2.45) is 5.73 Å². The number of thiazole rings is 1. The number of carbonyl (C=O) groups is 1. The molecule has 1 fully saturated rings. The highest BCUT2D eigenvalue weighted by Crippen LogP contribution is 2.34. The number of carbonyl (C=O) groups excluding carboxylic acids is 1. The summed E-state index contributed by atoms with van der Waals surface area (Å²) in [6.45, 7) is 2.96. The fourth-order valence-electron chi connectivity index (χ4n) is 4.59. The molecule has 1 aliphatic heterocycles. The Kier molecular flexibility index (Phi) is 9.18. The van der Waals surface area contributed by atoms with Gasteiger partial charge in [-0.2, -0.15) is 0 Å². The number of nitrogens with zero attached hydrogens (tertiary/aromatic N) is 5. The summed E-state index contributed by atoms with van der Waals surface area (Å²) in [4.78, 5) is 18.6. The highest BCUT2D eigenvalue weighted by atomic mass is 32.1. The molecule has 2 aromatic heterocycles. The topological polar surface area (TPSA) is 111 Å². The molecular weight excluding hydrogens is 510 g/mol. The fourth-order valence-corrected chi connectivity index (χ4v) is 5.48. The van der Waals surface area contributed by atoms with Gasteiger partial charge in [0.15, 0.2) is 0 Å². The number of aryl methyl sites for hydroxylation is 3. The van der Waals surface area contributed by atoms with E-state index in [-0.39, 0.29) is 6.03 Å². The van der Waals surface area contributed by atoms with Gasteiger partial charge >= 0.3 is 6.03 Å². The van der Waals surface area contributed by atoms with Crippen LogP contribution in [0.3, 0.4) is 0 Å². The molecule has 2 amide bonds. The number of nitrogens with two attached hydrogens (primary N) is 1. The monoisotopic (exact) mass is 545 g/mol. The van der Waals surface area contributed by atoms with E-state index in [1.807, 2.05) is 30.5 Å². The van der Waals surface area contributed by atoms with Gasteiger partial charge < -0.3 is 20.7 Å². The van der Waals surface area contributed by atoms with Gasteiger partial charge in [-0.1, -0.05) is 35.5 Å². The van der Waals surface area contributed by atoms with Crippen molar-refractivity contribution in [1.82, 2.24) is 30.2 Å². The Bertz CT molecular complexity index is 1350. The first-order valence-corrected chi connectivity index (χ1v) is 14.5. The van der Waals surface area contributed by atoms with Crippen LogP contribution in [0, 0.1) is 0 Å². The van der Waals surface area contributed by atoms with Crippen molar-refractivity contribution >= 4 is 17.4 Å². The molecule has 10 heteroatoms. The first kappa shape index (κ1) is 26.8. The van der Waals surface area contributed by atoms with E-state index in [9.17, 15) is 4.79 Å². The van der Waals surface area contributed by atoms with Crippen molar-refractivity contribution in [2.45, 2.75) is 38.5 Å². The Balaban J connectivity index is 1.30. The molecule has 0 aliphatic carbocycles. The number of hydrogen-bond donors (Lipinski definition) is 2. The number of hydrogen-bond acceptors (Lipinski definition) is 7. The van der Waals surface area contributed by atoms with Crippen LogP contribution in [-0.4, -0.2) is 63.7 Å². The quantitative estimate of drug-likeness (QED) is 0.229. The van der Waals surface area contributed by atoms with Crippen LogP contribution in [0.2, 0.25) is 0 Å². The molecule has 0 radical (unpaired) electrons. The number of nitrogens with one attached hydrogen (secondary N) is 1. The minimum atomic E-state index is -0.0441. The molecule has 5 rings (SSSR count). The van der Waals surface area contributed by atoms with Crippen LogP contribution in [0.15, 0.2) is 60.1 Å². The van der Waals surface area contributed by atoms with Gasteiger partial charge in [-0.05, 0) is 62.8 Å². The molecule has 2 aromatic carbocycles. The van der Waals surface area contributed by atoms with Crippen LogP contribution < -0.4 is 15.8 Å². The van der Waals surface area contributed by atoms with Crippen molar-refractivity contribution in [3.63, 3.8) is 0 Å². The minimum absolute atomic E-state index is 0.0441. The van der Waals surface area contributed by atoms with Gasteiger partial charge in [-0.25, -0.2) is 14.5 Å². The minimum Gasteiger partial charge on any atom is -0.491 e. The Morgan fingerprint density at radius 2 is 1.90 bits per heavy atom. The molecule has 1 aliphatic rings. The predicted molar refractivity (Wildman–Crippen MR) is 153 cm³/mol. The van der Waals surface area contributed by atoms with Gasteiger partial charge in [0.25, 0.3) is 0 Å². The molecule has 3 heterocycles. The number of benzene rings is 2. The zero-order valence-corrected chi connectivity index (χ0v) is 22.9. The van der Waals surface area contributed by atoms with Gasteiger partial charge in [-0.15, -0.1) is 16.4 Å². The number of unbranched alkanes of at least 4 members (excludes halogenated alkanes) is 1. The third-order valence-corrected chi connectivity index (χ3v) is 7.67. The highest BCUT2D eigenvalue weighted by molar-refractivity contribution is 7.13. The second-order valence-electron chi connectivity index (χ2n) is 9.63. The number of aromatic nitrogens is 4. The summed E-state index contributed by atoms with van der Waals surface area (Å²) in [7, 11) is 0. The van der Waals surface area contributed by atoms with Crippen molar-refractivity contribution in [2.75, 3.05) is 32.8 Å². The normalized spacial score (nSPS) is 13.2. The van der Waals surface area contributed by atoms with Crippen LogP contribution in [0.25, 0.3) is 16.3 Å². The van der Waals surface area contributed by atoms with E-state index in [4.69, 9.17) is 15.5 Å². The molecule has 3 N–H and O–H groups in total. The Labute approximate surface area is 233 Å². The van der Waals surface area contributed by atoms with E-state index in [1.165, 1.54) is 5.56 Å². The molecular formula is C29H35N7O2S. The Morgan fingerprint density at radius 3 is 2.72 bits per heavy atom. The molecule has 9 nitrogen and oxygen atoms in total. The van der Waals surface area contributed by atoms with E-state index >= 15 is 0 Å². The number of ether oxygens (including phenoxy) is 1. The highest BCUT2D eigenvalue weighted by Gasteiger charge is 2.20. The van der Waals surface area contributed by atoms with Crippen LogP contribution in [-0.2, 0) is 19.3 Å². The summed E-state index contributed by atoms with van der Waals surface area (Å²) >= 11 is 1.63. The standard InChI is InChI=1S/C29H35N7O2S/c30-14-5-4-10-23-20-36(34-33-23)25-12-13-26(27(19-25)38-18-17-35-16-15-31-29(35)37)28-32-24(21-39-28)11-6-9-22-7-2-1-3-8-22/h1-3,7-8,12-13,19-21H,4-6,9-11,14-18,30H2,(H,31,37). The molecule has 4 aromatic rings. The Morgan fingerprint density at radius 1 is 1.03 bits per heavy atom. The zero-order valence-electron chi connectivity index (χ0n) is 22.1. The number of rotatable bonds is 14. The van der Waals surface area contributed by atoms with Crippen LogP contribution in [0.4, 0.5) is 4.79 Å². The molecule has 39 heavy (non-hydrogen) atoms. The smallest absolute Gasteiger partial charge is 0.317 e. The van der Waals surface area contributed by atoms with E-state index in [0.29, 0.717) is 32.8 Å². The average Bonchev–Trinajstić information content (AvgIpc) is 3.72. The summed E-state index contributed by atoms with van der Waals surface area (Å²) in [6.07, 6.45) is 7.78. The second-order valence-corrected chi connectivity index (χ2v) is 10.5. The van der Waals surface area contributed by atoms with Crippen LogP contribution in [0.5, 0.6) is 5.75 Å². The van der Waals surface area contributed by atoms with Gasteiger partial charge in [0, 0.05) is 24.5 Å². The lowest BCUT2D eigenvalue weighted by molar-refractivity contribution is 0.203. The largest absolute Gasteiger partial charge is 0.491 e. The van der Waals surface area contributed by atoms with Gasteiger partial charge in [-0.3, -0.25) is 0 Å². The molecule has 0 bridgehead atoms. The molecule has 0 saturated carbocycles. The van der Waals surface area contributed by atoms with Crippen molar-refractivity contribution < 1.29 is 9.53 Å². The van der Waals surface area contributed by atoms with Crippen molar-refractivity contribution in [1.29, 1.82) is 0 Å². The van der Waals surface area contributed by atoms with Crippen molar-refractivity contribution in [3.05, 3.63) is 77.1 Å². The van der Waals surface area contributed by atoms with Crippen molar-refractivity contribution in [3.8, 4) is 22.0 Å². The maximum Gasteiger partial charge on any atom is 0.317 e. The van der Waals surface area contributed by atoms with E-state index < -0.39 is 0 Å². The maximum atomic E-state index is 11.9. The average molecular weight is 546 g/mol. The first-order valence-electron chi connectivity index (χ1n) is 13.6. The summed E-state index contributed by atoms with van der Waals surface area (Å²) in [6, 6.07) is 16.5. The third kappa shape index (κ3) is 7.21. The molecule has 1 saturated heterocycles. The SMILES string of the molecule is NCCCCc1cn(-c2ccc(-c3nc(CCCc4ccccc4)cs3)c(OCCN3CCNC3=O)c2)nn1. The molecule has 0 spiro atoms. The molecule has 0 unspecified atom stereocenters. The summed E-state index contributed by atoms with van der Waals surface area (Å²) in [5.74, 6) is 0.720. The molecule has 204 valence electrons. The van der Waals surface area contributed by atoms with Gasteiger partial charge in [0.05, 0.1) is 35.4 Å². The summed E-state index contributed by atoms with van der Waals surface area (Å²) in [5, 5.41) is 14.5. The predicted octanol–water partition coefficient (Wildman–Crippen LogP) is 4.25. The summed E-state index contributed by atoms with van der Waals surface area (Å²) < 4.78 is 8.05.